The highest BCUT2D eigenvalue weighted by Crippen LogP contribution is 2.41. The van der Waals surface area contributed by atoms with Crippen molar-refractivity contribution in [2.75, 3.05) is 7.11 Å². The van der Waals surface area contributed by atoms with Crippen LogP contribution in [0, 0.1) is 11.3 Å². The zero-order valence-electron chi connectivity index (χ0n) is 10.8. The first kappa shape index (κ1) is 11.8. The van der Waals surface area contributed by atoms with Gasteiger partial charge in [-0.1, -0.05) is 12.1 Å². The van der Waals surface area contributed by atoms with Gasteiger partial charge in [0, 0.05) is 11.6 Å². The minimum absolute atomic E-state index is 0.349. The van der Waals surface area contributed by atoms with Crippen LogP contribution in [0.25, 0.3) is 5.69 Å². The van der Waals surface area contributed by atoms with Gasteiger partial charge in [-0.2, -0.15) is 10.4 Å². The van der Waals surface area contributed by atoms with Gasteiger partial charge in [0.25, 0.3) is 0 Å². The van der Waals surface area contributed by atoms with E-state index in [0.717, 1.165) is 17.1 Å². The summed E-state index contributed by atoms with van der Waals surface area (Å²) in [6.07, 6.45) is 2.75. The van der Waals surface area contributed by atoms with Crippen molar-refractivity contribution >= 4 is 0 Å². The molecule has 0 unspecified atom stereocenters. The Morgan fingerprint density at radius 3 is 2.89 bits per heavy atom. The summed E-state index contributed by atoms with van der Waals surface area (Å²) in [5, 5.41) is 13.4. The van der Waals surface area contributed by atoms with Crippen LogP contribution in [0.1, 0.15) is 30.1 Å². The third kappa shape index (κ3) is 2.19. The molecule has 0 aliphatic heterocycles. The summed E-state index contributed by atoms with van der Waals surface area (Å²) in [6.45, 7) is 0. The molecular weight excluding hydrogens is 238 g/mol. The molecule has 0 amide bonds. The van der Waals surface area contributed by atoms with E-state index in [1.165, 1.54) is 18.5 Å². The molecule has 2 aromatic rings. The van der Waals surface area contributed by atoms with Gasteiger partial charge in [0.15, 0.2) is 0 Å². The molecule has 1 fully saturated rings. The van der Waals surface area contributed by atoms with Crippen LogP contribution in [0.15, 0.2) is 30.3 Å². The van der Waals surface area contributed by atoms with Crippen LogP contribution < -0.4 is 4.74 Å². The van der Waals surface area contributed by atoms with Crippen LogP contribution in [0.2, 0.25) is 0 Å². The molecule has 1 aromatic heterocycles. The highest BCUT2D eigenvalue weighted by Gasteiger charge is 2.29. The molecule has 0 bridgehead atoms. The molecule has 1 heterocycles. The van der Waals surface area contributed by atoms with Crippen molar-refractivity contribution in [1.82, 2.24) is 9.78 Å². The second kappa shape index (κ2) is 4.77. The van der Waals surface area contributed by atoms with E-state index < -0.39 is 0 Å². The van der Waals surface area contributed by atoms with Crippen molar-refractivity contribution in [3.63, 3.8) is 0 Å². The molecular formula is C15H15N3O. The lowest BCUT2D eigenvalue weighted by Gasteiger charge is -2.10. The summed E-state index contributed by atoms with van der Waals surface area (Å²) in [5.74, 6) is 1.38. The number of aromatic nitrogens is 2. The van der Waals surface area contributed by atoms with Gasteiger partial charge in [-0.25, -0.2) is 4.68 Å². The lowest BCUT2D eigenvalue weighted by Crippen LogP contribution is -2.03. The van der Waals surface area contributed by atoms with Crippen molar-refractivity contribution in [3.8, 4) is 17.5 Å². The number of hydrogen-bond acceptors (Lipinski definition) is 3. The summed E-state index contributed by atoms with van der Waals surface area (Å²) in [7, 11) is 1.66. The SMILES string of the molecule is COc1ccccc1-n1nc(CC#N)cc1C1CC1. The van der Waals surface area contributed by atoms with Crippen molar-refractivity contribution in [1.29, 1.82) is 5.26 Å². The van der Waals surface area contributed by atoms with Crippen LogP contribution >= 0.6 is 0 Å². The van der Waals surface area contributed by atoms with Crippen LogP contribution in [-0.4, -0.2) is 16.9 Å². The fourth-order valence-corrected chi connectivity index (χ4v) is 2.28. The average Bonchev–Trinajstić information content (AvgIpc) is 3.20. The van der Waals surface area contributed by atoms with Gasteiger partial charge in [-0.05, 0) is 31.0 Å². The number of nitrogens with zero attached hydrogens (tertiary/aromatic N) is 3. The predicted octanol–water partition coefficient (Wildman–Crippen LogP) is 2.82. The van der Waals surface area contributed by atoms with Crippen LogP contribution in [0.3, 0.4) is 0 Å². The Labute approximate surface area is 112 Å². The van der Waals surface area contributed by atoms with Crippen molar-refractivity contribution in [2.24, 2.45) is 0 Å². The minimum atomic E-state index is 0.349. The number of benzene rings is 1. The first-order valence-corrected chi connectivity index (χ1v) is 6.42. The molecule has 1 aliphatic rings. The van der Waals surface area contributed by atoms with Gasteiger partial charge in [-0.15, -0.1) is 0 Å². The zero-order valence-corrected chi connectivity index (χ0v) is 10.8. The summed E-state index contributed by atoms with van der Waals surface area (Å²) >= 11 is 0. The number of hydrogen-bond donors (Lipinski definition) is 0. The Morgan fingerprint density at radius 1 is 1.42 bits per heavy atom. The Kier molecular flexibility index (Phi) is 2.96. The molecule has 0 saturated heterocycles. The maximum atomic E-state index is 8.82. The minimum Gasteiger partial charge on any atom is -0.494 e. The summed E-state index contributed by atoms with van der Waals surface area (Å²) in [4.78, 5) is 0. The monoisotopic (exact) mass is 253 g/mol. The van der Waals surface area contributed by atoms with Crippen molar-refractivity contribution < 1.29 is 4.74 Å². The molecule has 0 spiro atoms. The summed E-state index contributed by atoms with van der Waals surface area (Å²) in [6, 6.07) is 12.0. The molecule has 0 atom stereocenters. The standard InChI is InChI=1S/C15H15N3O/c1-19-15-5-3-2-4-13(15)18-14(11-6-7-11)10-12(17-18)8-9-16/h2-5,10-11H,6-8H2,1H3. The van der Waals surface area contributed by atoms with E-state index in [2.05, 4.69) is 11.2 Å². The Bertz CT molecular complexity index is 635. The number of nitriles is 1. The number of methoxy groups -OCH3 is 1. The molecule has 1 saturated carbocycles. The number of ether oxygens (including phenoxy) is 1. The van der Waals surface area contributed by atoms with E-state index in [1.54, 1.807) is 7.11 Å². The first-order valence-electron chi connectivity index (χ1n) is 6.42. The van der Waals surface area contributed by atoms with Gasteiger partial charge in [0.05, 0.1) is 25.3 Å². The Morgan fingerprint density at radius 2 is 2.21 bits per heavy atom. The maximum Gasteiger partial charge on any atom is 0.144 e. The maximum absolute atomic E-state index is 8.82. The lowest BCUT2D eigenvalue weighted by molar-refractivity contribution is 0.411. The Balaban J connectivity index is 2.10. The second-order valence-electron chi connectivity index (χ2n) is 4.75. The van der Waals surface area contributed by atoms with E-state index in [-0.39, 0.29) is 0 Å². The van der Waals surface area contributed by atoms with E-state index in [1.807, 2.05) is 35.0 Å². The molecule has 4 nitrogen and oxygen atoms in total. The number of para-hydroxylation sites is 2. The average molecular weight is 253 g/mol. The smallest absolute Gasteiger partial charge is 0.144 e. The first-order chi connectivity index (χ1) is 9.33. The molecule has 3 rings (SSSR count). The third-order valence-electron chi connectivity index (χ3n) is 3.36. The third-order valence-corrected chi connectivity index (χ3v) is 3.36. The van der Waals surface area contributed by atoms with Gasteiger partial charge in [-0.3, -0.25) is 0 Å². The highest BCUT2D eigenvalue weighted by atomic mass is 16.5. The molecule has 19 heavy (non-hydrogen) atoms. The van der Waals surface area contributed by atoms with Crippen LogP contribution in [0.5, 0.6) is 5.75 Å². The fraction of sp³-hybridized carbons (Fsp3) is 0.333. The number of rotatable bonds is 4. The molecule has 1 aromatic carbocycles. The van der Waals surface area contributed by atoms with E-state index in [0.29, 0.717) is 12.3 Å². The molecule has 0 radical (unpaired) electrons. The largest absolute Gasteiger partial charge is 0.494 e. The lowest BCUT2D eigenvalue weighted by atomic mass is 10.2. The normalized spacial score (nSPS) is 14.1. The van der Waals surface area contributed by atoms with E-state index in [9.17, 15) is 0 Å². The van der Waals surface area contributed by atoms with Crippen LogP contribution in [-0.2, 0) is 6.42 Å². The van der Waals surface area contributed by atoms with Gasteiger partial charge >= 0.3 is 0 Å². The molecule has 1 aliphatic carbocycles. The van der Waals surface area contributed by atoms with Gasteiger partial charge in [0.1, 0.15) is 11.4 Å². The molecule has 96 valence electrons. The fourth-order valence-electron chi connectivity index (χ4n) is 2.28. The zero-order chi connectivity index (χ0) is 13.2. The Hall–Kier alpha value is -2.28. The highest BCUT2D eigenvalue weighted by molar-refractivity contribution is 5.48. The van der Waals surface area contributed by atoms with Gasteiger partial charge < -0.3 is 4.74 Å². The second-order valence-corrected chi connectivity index (χ2v) is 4.75. The van der Waals surface area contributed by atoms with E-state index >= 15 is 0 Å². The summed E-state index contributed by atoms with van der Waals surface area (Å²) < 4.78 is 7.33. The topological polar surface area (TPSA) is 50.8 Å². The summed E-state index contributed by atoms with van der Waals surface area (Å²) in [5.41, 5.74) is 2.96. The quantitative estimate of drug-likeness (QED) is 0.841. The van der Waals surface area contributed by atoms with Crippen molar-refractivity contribution in [2.45, 2.75) is 25.2 Å². The van der Waals surface area contributed by atoms with E-state index in [4.69, 9.17) is 10.00 Å². The van der Waals surface area contributed by atoms with Gasteiger partial charge in [0.2, 0.25) is 0 Å². The predicted molar refractivity (Wildman–Crippen MR) is 71.4 cm³/mol. The van der Waals surface area contributed by atoms with Crippen LogP contribution in [0.4, 0.5) is 0 Å². The van der Waals surface area contributed by atoms with Crippen molar-refractivity contribution in [3.05, 3.63) is 41.7 Å². The molecule has 4 heteroatoms. The molecule has 0 N–H and O–H groups in total.